The van der Waals surface area contributed by atoms with Crippen LogP contribution in [-0.2, 0) is 22.1 Å². The molecule has 0 bridgehead atoms. The zero-order chi connectivity index (χ0) is 22.7. The molecule has 0 fully saturated rings. The molecule has 0 aliphatic rings. The van der Waals surface area contributed by atoms with Crippen molar-refractivity contribution < 1.29 is 35.8 Å². The van der Waals surface area contributed by atoms with Gasteiger partial charge in [-0.05, 0) is 47.1 Å². The molecule has 32 heavy (non-hydrogen) atoms. The van der Waals surface area contributed by atoms with Crippen LogP contribution in [0.15, 0.2) is 42.5 Å². The summed E-state index contributed by atoms with van der Waals surface area (Å²) in [5.74, 6) is 1.74. The molecule has 0 saturated heterocycles. The molecular weight excluding hydrogens is 466 g/mol. The molecule has 0 spiro atoms. The van der Waals surface area contributed by atoms with Gasteiger partial charge in [-0.3, -0.25) is 0 Å². The van der Waals surface area contributed by atoms with Crippen LogP contribution < -0.4 is 14.2 Å². The summed E-state index contributed by atoms with van der Waals surface area (Å²) in [5.41, 5.74) is 0.220. The van der Waals surface area contributed by atoms with E-state index < -0.39 is 13.5 Å². The average Bonchev–Trinajstić information content (AvgIpc) is 2.69. The summed E-state index contributed by atoms with van der Waals surface area (Å²) in [6.45, 7) is 13.7. The van der Waals surface area contributed by atoms with Gasteiger partial charge < -0.3 is 26.7 Å². The molecule has 2 aromatic carbocycles. The maximum Gasteiger partial charge on any atom is 0.155 e. The first-order valence-electron chi connectivity index (χ1n) is 10.3. The molecule has 0 heterocycles. The summed E-state index contributed by atoms with van der Waals surface area (Å²) in [6, 6.07) is 13.5. The second-order valence-electron chi connectivity index (χ2n) is 9.79. The van der Waals surface area contributed by atoms with Gasteiger partial charge >= 0.3 is 0 Å². The quantitative estimate of drug-likeness (QED) is 0.275. The van der Waals surface area contributed by atoms with Gasteiger partial charge in [0.05, 0.1) is 43.4 Å². The molecule has 0 unspecified atom stereocenters. The van der Waals surface area contributed by atoms with Crippen molar-refractivity contribution in [1.82, 2.24) is 0 Å². The van der Waals surface area contributed by atoms with E-state index in [1.54, 1.807) is 21.3 Å². The molecule has 2 aromatic rings. The molecule has 0 radical (unpaired) electrons. The Labute approximate surface area is 206 Å². The third-order valence-electron chi connectivity index (χ3n) is 5.62. The Kier molecular flexibility index (Phi) is 11.3. The van der Waals surface area contributed by atoms with Crippen molar-refractivity contribution in [2.45, 2.75) is 57.5 Å². The van der Waals surface area contributed by atoms with Crippen molar-refractivity contribution in [3.8, 4) is 17.2 Å². The molecule has 1 atom stereocenters. The van der Waals surface area contributed by atoms with Gasteiger partial charge in [0, 0.05) is 36.5 Å². The van der Waals surface area contributed by atoms with Crippen LogP contribution in [0.25, 0.3) is 0 Å². The van der Waals surface area contributed by atoms with Crippen LogP contribution >= 0.6 is 7.92 Å². The predicted molar refractivity (Wildman–Crippen MR) is 135 cm³/mol. The molecule has 4 nitrogen and oxygen atoms in total. The number of rotatable bonds is 7. The number of ether oxygens (including phenoxy) is 3. The smallest absolute Gasteiger partial charge is 0.155 e. The van der Waals surface area contributed by atoms with Crippen molar-refractivity contribution in [3.63, 3.8) is 0 Å². The van der Waals surface area contributed by atoms with Crippen LogP contribution in [0.3, 0.4) is 0 Å². The van der Waals surface area contributed by atoms with Crippen molar-refractivity contribution in [1.29, 1.82) is 0 Å². The van der Waals surface area contributed by atoms with Crippen LogP contribution in [0.1, 0.15) is 52.7 Å². The van der Waals surface area contributed by atoms with E-state index in [2.05, 4.69) is 41.5 Å². The molecule has 1 N–H and O–H groups in total. The van der Waals surface area contributed by atoms with Gasteiger partial charge in [-0.2, -0.15) is 0 Å². The molecular formula is C26H41NiO4P. The van der Waals surface area contributed by atoms with Crippen LogP contribution in [0.4, 0.5) is 0 Å². The summed E-state index contributed by atoms with van der Waals surface area (Å²) >= 11 is 0. The fourth-order valence-electron chi connectivity index (χ4n) is 4.37. The summed E-state index contributed by atoms with van der Waals surface area (Å²) in [4.78, 5) is 0. The fourth-order valence-corrected chi connectivity index (χ4v) is 8.58. The largest absolute Gasteiger partial charge is 0.496 e. The maximum atomic E-state index is 12.5. The van der Waals surface area contributed by atoms with Gasteiger partial charge in [-0.15, -0.1) is 0 Å². The van der Waals surface area contributed by atoms with Crippen LogP contribution in [-0.4, -0.2) is 42.9 Å². The zero-order valence-electron chi connectivity index (χ0n) is 21.2. The van der Waals surface area contributed by atoms with E-state index >= 15 is 0 Å². The minimum absolute atomic E-state index is 0. The molecule has 6 heteroatoms. The molecule has 0 aliphatic heterocycles. The molecule has 0 aromatic heterocycles. The van der Waals surface area contributed by atoms with Crippen LogP contribution in [0.5, 0.6) is 17.2 Å². The third kappa shape index (κ3) is 6.63. The van der Waals surface area contributed by atoms with Gasteiger partial charge in [-0.25, -0.2) is 0 Å². The Balaban J connectivity index is 0.00000480. The number of aliphatic hydroxyl groups is 1. The molecule has 0 amide bonds. The second-order valence-corrected chi connectivity index (χ2v) is 14.1. The Hall–Kier alpha value is -1.28. The summed E-state index contributed by atoms with van der Waals surface area (Å²) in [6.07, 6.45) is 0.619. The predicted octanol–water partition coefficient (Wildman–Crippen LogP) is 6.21. The Morgan fingerprint density at radius 2 is 1.22 bits per heavy atom. The van der Waals surface area contributed by atoms with Gasteiger partial charge in [-0.1, -0.05) is 30.3 Å². The van der Waals surface area contributed by atoms with Gasteiger partial charge in [0.2, 0.25) is 0 Å². The van der Waals surface area contributed by atoms with E-state index in [4.69, 9.17) is 14.2 Å². The van der Waals surface area contributed by atoms with Crippen molar-refractivity contribution in [2.75, 3.05) is 27.5 Å². The maximum absolute atomic E-state index is 12.5. The van der Waals surface area contributed by atoms with Crippen molar-refractivity contribution in [2.24, 2.45) is 0 Å². The van der Waals surface area contributed by atoms with Gasteiger partial charge in [0.25, 0.3) is 0 Å². The zero-order valence-corrected chi connectivity index (χ0v) is 23.2. The van der Waals surface area contributed by atoms with Crippen molar-refractivity contribution in [3.05, 3.63) is 61.0 Å². The van der Waals surface area contributed by atoms with Crippen LogP contribution in [0.2, 0.25) is 0 Å². The number of benzene rings is 2. The van der Waals surface area contributed by atoms with E-state index in [9.17, 15) is 5.11 Å². The standard InChI is InChI=1S/C25H37O4P.CH3.Ni/c1-23(2,3)30(24(4,5)6)17-25(26,18-13-11-10-12-14-18)22-20(28-8)15-19(27-7)16-21(22)29-9;;/h10-16,26H,17H2,1-9H3;1H3;/q;-1;/p+1/t25-;;/m0../s1. The van der Waals surface area contributed by atoms with E-state index in [0.29, 0.717) is 29.0 Å². The van der Waals surface area contributed by atoms with Crippen LogP contribution in [0, 0.1) is 7.43 Å². The number of hydrogen-bond donors (Lipinski definition) is 1. The Morgan fingerprint density at radius 3 is 1.56 bits per heavy atom. The summed E-state index contributed by atoms with van der Waals surface area (Å²) in [7, 11) is 3.75. The normalized spacial score (nSPS) is 13.5. The minimum atomic E-state index is -1.26. The monoisotopic (exact) mass is 506 g/mol. The average molecular weight is 507 g/mol. The van der Waals surface area contributed by atoms with E-state index in [0.717, 1.165) is 5.56 Å². The summed E-state index contributed by atoms with van der Waals surface area (Å²) < 4.78 is 16.9. The van der Waals surface area contributed by atoms with E-state index in [1.807, 2.05) is 42.5 Å². The first kappa shape index (κ1) is 30.7. The second kappa shape index (κ2) is 11.7. The number of methoxy groups -OCH3 is 3. The molecule has 0 aliphatic carbocycles. The topological polar surface area (TPSA) is 47.9 Å². The Morgan fingerprint density at radius 1 is 0.781 bits per heavy atom. The first-order chi connectivity index (χ1) is 13.9. The number of hydrogen-bond acceptors (Lipinski definition) is 4. The van der Waals surface area contributed by atoms with E-state index in [1.165, 1.54) is 0 Å². The van der Waals surface area contributed by atoms with Gasteiger partial charge in [0.1, 0.15) is 17.2 Å². The molecule has 2 rings (SSSR count). The first-order valence-corrected chi connectivity index (χ1v) is 12.0. The fraction of sp³-hybridized carbons (Fsp3) is 0.500. The SMILES string of the molecule is COc1cc(OC)c([C@](O)(C[PH+](C(C)(C)C)C(C)(C)C)c2ccccc2)c(OC)c1.[CH3-].[Ni]. The van der Waals surface area contributed by atoms with Crippen molar-refractivity contribution >= 4 is 7.92 Å². The van der Waals surface area contributed by atoms with E-state index in [-0.39, 0.29) is 34.2 Å². The molecule has 0 saturated carbocycles. The Bertz CT molecular complexity index is 804. The molecule has 184 valence electrons. The summed E-state index contributed by atoms with van der Waals surface area (Å²) in [5, 5.41) is 12.6. The van der Waals surface area contributed by atoms with Gasteiger partial charge in [0.15, 0.2) is 5.60 Å². The minimum Gasteiger partial charge on any atom is -0.496 e. The third-order valence-corrected chi connectivity index (χ3v) is 10.1.